The first-order chi connectivity index (χ1) is 8.95. The number of alkyl halides is 2. The molecule has 9 heteroatoms. The molecule has 1 saturated carbocycles. The number of aromatic amines is 1. The van der Waals surface area contributed by atoms with Crippen LogP contribution in [0.2, 0.25) is 0 Å². The molecule has 1 fully saturated rings. The summed E-state index contributed by atoms with van der Waals surface area (Å²) in [7, 11) is 0. The number of rotatable bonds is 2. The predicted molar refractivity (Wildman–Crippen MR) is 62.4 cm³/mol. The SMILES string of the molecule is Nc1nc2c(ncn2/C=C2/[C@H](CO)C2(F)F)c(=O)[nH]1. The van der Waals surface area contributed by atoms with E-state index in [4.69, 9.17) is 10.8 Å². The highest BCUT2D eigenvalue weighted by Gasteiger charge is 2.63. The zero-order valence-corrected chi connectivity index (χ0v) is 9.47. The number of aromatic nitrogens is 4. The summed E-state index contributed by atoms with van der Waals surface area (Å²) in [6.07, 6.45) is 2.31. The van der Waals surface area contributed by atoms with Gasteiger partial charge in [-0.3, -0.25) is 14.3 Å². The van der Waals surface area contributed by atoms with Crippen LogP contribution in [0.25, 0.3) is 17.4 Å². The Labute approximate surface area is 104 Å². The first kappa shape index (κ1) is 11.8. The van der Waals surface area contributed by atoms with E-state index in [1.54, 1.807) is 0 Å². The van der Waals surface area contributed by atoms with Crippen LogP contribution in [0.1, 0.15) is 0 Å². The van der Waals surface area contributed by atoms with Crippen molar-refractivity contribution in [2.75, 3.05) is 12.3 Å². The van der Waals surface area contributed by atoms with Crippen molar-refractivity contribution in [2.24, 2.45) is 5.92 Å². The number of hydrogen-bond donors (Lipinski definition) is 3. The minimum Gasteiger partial charge on any atom is -0.395 e. The van der Waals surface area contributed by atoms with E-state index in [9.17, 15) is 13.6 Å². The maximum atomic E-state index is 13.2. The van der Waals surface area contributed by atoms with E-state index in [2.05, 4.69) is 15.0 Å². The number of nitrogens with zero attached hydrogens (tertiary/aromatic N) is 3. The van der Waals surface area contributed by atoms with Crippen molar-refractivity contribution in [2.45, 2.75) is 5.92 Å². The standard InChI is InChI=1S/C10H9F2N5O2/c11-10(12)4(5(10)2-18)1-17-3-14-6-7(17)15-9(13)16-8(6)19/h1,3,5,18H,2H2,(H3,13,15,16,19)/b4-1-/t5-/m0/s1. The van der Waals surface area contributed by atoms with E-state index in [0.29, 0.717) is 0 Å². The van der Waals surface area contributed by atoms with Crippen LogP contribution in [-0.2, 0) is 0 Å². The van der Waals surface area contributed by atoms with Crippen LogP contribution in [0, 0.1) is 5.92 Å². The van der Waals surface area contributed by atoms with Crippen LogP contribution in [0.3, 0.4) is 0 Å². The number of nitrogen functional groups attached to an aromatic ring is 1. The van der Waals surface area contributed by atoms with Crippen LogP contribution in [0.15, 0.2) is 16.7 Å². The minimum atomic E-state index is -3.03. The largest absolute Gasteiger partial charge is 0.395 e. The molecule has 100 valence electrons. The van der Waals surface area contributed by atoms with Crippen LogP contribution < -0.4 is 11.3 Å². The van der Waals surface area contributed by atoms with Crippen molar-refractivity contribution in [1.29, 1.82) is 0 Å². The summed E-state index contributed by atoms with van der Waals surface area (Å²) in [6, 6.07) is 0. The molecule has 0 saturated heterocycles. The molecular weight excluding hydrogens is 260 g/mol. The molecule has 0 radical (unpaired) electrons. The van der Waals surface area contributed by atoms with Gasteiger partial charge in [-0.1, -0.05) is 0 Å². The Kier molecular flexibility index (Phi) is 2.23. The van der Waals surface area contributed by atoms with Gasteiger partial charge in [-0.25, -0.2) is 13.8 Å². The van der Waals surface area contributed by atoms with Gasteiger partial charge in [0.25, 0.3) is 11.5 Å². The first-order valence-corrected chi connectivity index (χ1v) is 5.38. The average Bonchev–Trinajstić information content (AvgIpc) is 2.67. The Bertz CT molecular complexity index is 748. The maximum Gasteiger partial charge on any atom is 0.280 e. The van der Waals surface area contributed by atoms with E-state index in [1.807, 2.05) is 0 Å². The van der Waals surface area contributed by atoms with Crippen molar-refractivity contribution in [3.63, 3.8) is 0 Å². The lowest BCUT2D eigenvalue weighted by Gasteiger charge is -1.96. The molecule has 7 nitrogen and oxygen atoms in total. The number of aliphatic hydroxyl groups excluding tert-OH is 1. The molecule has 4 N–H and O–H groups in total. The van der Waals surface area contributed by atoms with Gasteiger partial charge < -0.3 is 10.8 Å². The molecule has 19 heavy (non-hydrogen) atoms. The van der Waals surface area contributed by atoms with Crippen LogP contribution >= 0.6 is 0 Å². The maximum absolute atomic E-state index is 13.2. The molecule has 1 atom stereocenters. The lowest BCUT2D eigenvalue weighted by Crippen LogP contribution is -2.11. The number of hydrogen-bond acceptors (Lipinski definition) is 5. The van der Waals surface area contributed by atoms with E-state index in [-0.39, 0.29) is 22.7 Å². The molecular formula is C10H9F2N5O2. The molecule has 0 aromatic carbocycles. The zero-order chi connectivity index (χ0) is 13.8. The fourth-order valence-corrected chi connectivity index (χ4v) is 1.93. The number of halogens is 2. The Morgan fingerprint density at radius 1 is 1.63 bits per heavy atom. The van der Waals surface area contributed by atoms with Gasteiger partial charge in [0, 0.05) is 11.8 Å². The summed E-state index contributed by atoms with van der Waals surface area (Å²) in [6.45, 7) is -0.637. The van der Waals surface area contributed by atoms with Crippen molar-refractivity contribution in [3.05, 3.63) is 22.3 Å². The quantitative estimate of drug-likeness (QED) is 0.699. The predicted octanol–water partition coefficient (Wildman–Crippen LogP) is -0.200. The summed E-state index contributed by atoms with van der Waals surface area (Å²) in [5.74, 6) is -4.35. The molecule has 0 bridgehead atoms. The van der Waals surface area contributed by atoms with E-state index in [0.717, 1.165) is 6.20 Å². The number of fused-ring (bicyclic) bond motifs is 1. The molecule has 0 aliphatic heterocycles. The van der Waals surface area contributed by atoms with Gasteiger partial charge in [0.15, 0.2) is 11.2 Å². The number of nitrogens with two attached hydrogens (primary N) is 1. The molecule has 1 aliphatic rings. The van der Waals surface area contributed by atoms with Gasteiger partial charge in [0.1, 0.15) is 6.33 Å². The van der Waals surface area contributed by atoms with E-state index in [1.165, 1.54) is 10.9 Å². The highest BCUT2D eigenvalue weighted by Crippen LogP contribution is 2.54. The molecule has 3 rings (SSSR count). The second-order valence-corrected chi connectivity index (χ2v) is 4.22. The van der Waals surface area contributed by atoms with Crippen molar-refractivity contribution in [1.82, 2.24) is 19.5 Å². The molecule has 2 heterocycles. The smallest absolute Gasteiger partial charge is 0.280 e. The second kappa shape index (κ2) is 3.60. The number of H-pyrrole nitrogens is 1. The third-order valence-electron chi connectivity index (χ3n) is 3.03. The fraction of sp³-hybridized carbons (Fsp3) is 0.300. The van der Waals surface area contributed by atoms with Crippen molar-refractivity contribution >= 4 is 23.3 Å². The third kappa shape index (κ3) is 1.62. The van der Waals surface area contributed by atoms with Crippen LogP contribution in [0.4, 0.5) is 14.7 Å². The van der Waals surface area contributed by atoms with E-state index < -0.39 is 24.0 Å². The normalized spacial score (nSPS) is 23.1. The molecule has 1 aliphatic carbocycles. The highest BCUT2D eigenvalue weighted by molar-refractivity contribution is 5.73. The molecule has 2 aromatic rings. The monoisotopic (exact) mass is 269 g/mol. The minimum absolute atomic E-state index is 0.00978. The topological polar surface area (TPSA) is 110 Å². The van der Waals surface area contributed by atoms with Gasteiger partial charge in [0.2, 0.25) is 5.95 Å². The van der Waals surface area contributed by atoms with Crippen LogP contribution in [0.5, 0.6) is 0 Å². The Morgan fingerprint density at radius 2 is 2.37 bits per heavy atom. The third-order valence-corrected chi connectivity index (χ3v) is 3.03. The van der Waals surface area contributed by atoms with Gasteiger partial charge in [-0.2, -0.15) is 4.98 Å². The Balaban J connectivity index is 2.14. The molecule has 0 amide bonds. The summed E-state index contributed by atoms with van der Waals surface area (Å²) >= 11 is 0. The molecule has 0 spiro atoms. The van der Waals surface area contributed by atoms with Gasteiger partial charge in [0.05, 0.1) is 12.5 Å². The first-order valence-electron chi connectivity index (χ1n) is 5.38. The zero-order valence-electron chi connectivity index (χ0n) is 9.47. The van der Waals surface area contributed by atoms with Crippen LogP contribution in [-0.4, -0.2) is 37.2 Å². The highest BCUT2D eigenvalue weighted by atomic mass is 19.3. The van der Waals surface area contributed by atoms with Crippen molar-refractivity contribution < 1.29 is 13.9 Å². The molecule has 2 aromatic heterocycles. The van der Waals surface area contributed by atoms with E-state index >= 15 is 0 Å². The fourth-order valence-electron chi connectivity index (χ4n) is 1.93. The van der Waals surface area contributed by atoms with Gasteiger partial charge in [-0.15, -0.1) is 0 Å². The summed E-state index contributed by atoms with van der Waals surface area (Å²) in [5, 5.41) is 8.81. The molecule has 0 unspecified atom stereocenters. The lowest BCUT2D eigenvalue weighted by molar-refractivity contribution is 0.0890. The summed E-state index contributed by atoms with van der Waals surface area (Å²) in [5.41, 5.74) is 4.72. The number of anilines is 1. The van der Waals surface area contributed by atoms with Crippen molar-refractivity contribution in [3.8, 4) is 0 Å². The number of aliphatic hydroxyl groups is 1. The number of nitrogens with one attached hydrogen (secondary N) is 1. The Hall–Kier alpha value is -2.29. The lowest BCUT2D eigenvalue weighted by atomic mass is 10.4. The second-order valence-electron chi connectivity index (χ2n) is 4.22. The summed E-state index contributed by atoms with van der Waals surface area (Å²) < 4.78 is 27.7. The summed E-state index contributed by atoms with van der Waals surface area (Å²) in [4.78, 5) is 21.4. The average molecular weight is 269 g/mol. The number of imidazole rings is 1. The Morgan fingerprint density at radius 3 is 3.00 bits per heavy atom. The van der Waals surface area contributed by atoms with Gasteiger partial charge >= 0.3 is 0 Å². The van der Waals surface area contributed by atoms with Gasteiger partial charge in [-0.05, 0) is 0 Å².